The van der Waals surface area contributed by atoms with Crippen molar-refractivity contribution < 1.29 is 9.13 Å². The molecule has 0 unspecified atom stereocenters. The lowest BCUT2D eigenvalue weighted by Crippen LogP contribution is -2.19. The van der Waals surface area contributed by atoms with E-state index in [-0.39, 0.29) is 5.82 Å². The average Bonchev–Trinajstić information content (AvgIpc) is 2.43. The molecule has 0 fully saturated rings. The van der Waals surface area contributed by atoms with Gasteiger partial charge in [-0.1, -0.05) is 32.0 Å². The molecule has 0 saturated carbocycles. The molecule has 0 aliphatic carbocycles. The minimum Gasteiger partial charge on any atom is -0.457 e. The summed E-state index contributed by atoms with van der Waals surface area (Å²) in [6.07, 6.45) is 0. The van der Waals surface area contributed by atoms with Crippen LogP contribution in [-0.4, -0.2) is 6.54 Å². The van der Waals surface area contributed by atoms with E-state index in [1.54, 1.807) is 12.1 Å². The first-order chi connectivity index (χ1) is 9.65. The number of ether oxygens (including phenoxy) is 1. The summed E-state index contributed by atoms with van der Waals surface area (Å²) in [5.74, 6) is 1.79. The van der Waals surface area contributed by atoms with Gasteiger partial charge in [0.05, 0.1) is 0 Å². The Morgan fingerprint density at radius 1 is 1.05 bits per heavy atom. The van der Waals surface area contributed by atoms with Gasteiger partial charge in [-0.3, -0.25) is 0 Å². The first-order valence-corrected chi connectivity index (χ1v) is 6.87. The Morgan fingerprint density at radius 2 is 1.75 bits per heavy atom. The predicted octanol–water partition coefficient (Wildman–Crippen LogP) is 4.36. The highest BCUT2D eigenvalue weighted by Gasteiger charge is 2.04. The maximum atomic E-state index is 12.9. The van der Waals surface area contributed by atoms with E-state index in [0.29, 0.717) is 11.7 Å². The molecule has 0 radical (unpaired) electrons. The van der Waals surface area contributed by atoms with Crippen molar-refractivity contribution in [3.63, 3.8) is 0 Å². The van der Waals surface area contributed by atoms with Crippen LogP contribution in [-0.2, 0) is 6.54 Å². The monoisotopic (exact) mass is 273 g/mol. The van der Waals surface area contributed by atoms with Gasteiger partial charge in [0.1, 0.15) is 17.3 Å². The summed E-state index contributed by atoms with van der Waals surface area (Å²) in [5.41, 5.74) is 1.09. The van der Waals surface area contributed by atoms with Crippen LogP contribution in [0.4, 0.5) is 4.39 Å². The van der Waals surface area contributed by atoms with Gasteiger partial charge in [-0.05, 0) is 42.8 Å². The molecule has 0 aliphatic rings. The molecule has 20 heavy (non-hydrogen) atoms. The molecule has 2 rings (SSSR count). The van der Waals surface area contributed by atoms with Gasteiger partial charge < -0.3 is 10.1 Å². The number of hydrogen-bond acceptors (Lipinski definition) is 2. The highest BCUT2D eigenvalue weighted by molar-refractivity contribution is 5.37. The van der Waals surface area contributed by atoms with Crippen molar-refractivity contribution in [3.8, 4) is 11.5 Å². The van der Waals surface area contributed by atoms with Crippen LogP contribution < -0.4 is 10.1 Å². The normalized spacial score (nSPS) is 10.8. The Kier molecular flexibility index (Phi) is 5.13. The van der Waals surface area contributed by atoms with Crippen LogP contribution in [0.2, 0.25) is 0 Å². The average molecular weight is 273 g/mol. The zero-order valence-electron chi connectivity index (χ0n) is 11.9. The molecule has 0 saturated heterocycles. The van der Waals surface area contributed by atoms with Crippen molar-refractivity contribution in [2.75, 3.05) is 6.54 Å². The molecule has 2 aromatic rings. The fourth-order valence-electron chi connectivity index (χ4n) is 1.87. The van der Waals surface area contributed by atoms with Gasteiger partial charge in [-0.2, -0.15) is 0 Å². The Hall–Kier alpha value is -1.87. The third kappa shape index (κ3) is 4.35. The lowest BCUT2D eigenvalue weighted by molar-refractivity contribution is 0.467. The van der Waals surface area contributed by atoms with E-state index in [9.17, 15) is 4.39 Å². The summed E-state index contributed by atoms with van der Waals surface area (Å²) < 4.78 is 18.7. The molecule has 1 N–H and O–H groups in total. The van der Waals surface area contributed by atoms with Crippen LogP contribution in [0.1, 0.15) is 19.4 Å². The van der Waals surface area contributed by atoms with Gasteiger partial charge in [0.15, 0.2) is 0 Å². The summed E-state index contributed by atoms with van der Waals surface area (Å²) in [5, 5.41) is 3.40. The molecule has 2 nitrogen and oxygen atoms in total. The van der Waals surface area contributed by atoms with Crippen LogP contribution in [0.15, 0.2) is 48.5 Å². The third-order valence-electron chi connectivity index (χ3n) is 2.88. The van der Waals surface area contributed by atoms with Crippen LogP contribution in [0, 0.1) is 11.7 Å². The largest absolute Gasteiger partial charge is 0.457 e. The topological polar surface area (TPSA) is 21.3 Å². The number of halogens is 1. The van der Waals surface area contributed by atoms with Crippen LogP contribution >= 0.6 is 0 Å². The minimum absolute atomic E-state index is 0.260. The van der Waals surface area contributed by atoms with Gasteiger partial charge in [-0.25, -0.2) is 4.39 Å². The number of rotatable bonds is 6. The molecule has 0 amide bonds. The second kappa shape index (κ2) is 7.06. The molecular formula is C17H20FNO. The number of nitrogens with one attached hydrogen (secondary N) is 1. The zero-order chi connectivity index (χ0) is 14.4. The highest BCUT2D eigenvalue weighted by Crippen LogP contribution is 2.25. The molecule has 3 heteroatoms. The van der Waals surface area contributed by atoms with Gasteiger partial charge in [-0.15, -0.1) is 0 Å². The van der Waals surface area contributed by atoms with E-state index in [0.717, 1.165) is 24.4 Å². The fourth-order valence-corrected chi connectivity index (χ4v) is 1.87. The van der Waals surface area contributed by atoms with Crippen molar-refractivity contribution in [3.05, 3.63) is 59.9 Å². The second-order valence-electron chi connectivity index (χ2n) is 5.19. The van der Waals surface area contributed by atoms with Gasteiger partial charge >= 0.3 is 0 Å². The minimum atomic E-state index is -0.260. The molecule has 106 valence electrons. The molecule has 0 bridgehead atoms. The van der Waals surface area contributed by atoms with Gasteiger partial charge in [0, 0.05) is 12.1 Å². The molecule has 2 aromatic carbocycles. The van der Waals surface area contributed by atoms with Crippen molar-refractivity contribution in [2.24, 2.45) is 5.92 Å². The van der Waals surface area contributed by atoms with Gasteiger partial charge in [0.2, 0.25) is 0 Å². The first-order valence-electron chi connectivity index (χ1n) is 6.87. The quantitative estimate of drug-likeness (QED) is 0.844. The Balaban J connectivity index is 2.05. The maximum absolute atomic E-state index is 12.9. The lowest BCUT2D eigenvalue weighted by Gasteiger charge is -2.12. The molecule has 0 aromatic heterocycles. The smallest absolute Gasteiger partial charge is 0.131 e. The Labute approximate surface area is 119 Å². The van der Waals surface area contributed by atoms with Crippen LogP contribution in [0.3, 0.4) is 0 Å². The Bertz CT molecular complexity index is 537. The van der Waals surface area contributed by atoms with Crippen molar-refractivity contribution in [1.29, 1.82) is 0 Å². The fraction of sp³-hybridized carbons (Fsp3) is 0.294. The van der Waals surface area contributed by atoms with Gasteiger partial charge in [0.25, 0.3) is 0 Å². The SMILES string of the molecule is CC(C)CNCc1ccccc1Oc1ccc(F)cc1. The summed E-state index contributed by atoms with van der Waals surface area (Å²) in [6.45, 7) is 6.07. The number of benzene rings is 2. The number of para-hydroxylation sites is 1. The summed E-state index contributed by atoms with van der Waals surface area (Å²) in [7, 11) is 0. The number of hydrogen-bond donors (Lipinski definition) is 1. The summed E-state index contributed by atoms with van der Waals surface area (Å²) >= 11 is 0. The van der Waals surface area contributed by atoms with Crippen molar-refractivity contribution in [2.45, 2.75) is 20.4 Å². The lowest BCUT2D eigenvalue weighted by atomic mass is 10.2. The zero-order valence-corrected chi connectivity index (χ0v) is 11.9. The van der Waals surface area contributed by atoms with E-state index in [1.807, 2.05) is 24.3 Å². The van der Waals surface area contributed by atoms with Crippen molar-refractivity contribution >= 4 is 0 Å². The van der Waals surface area contributed by atoms with Crippen molar-refractivity contribution in [1.82, 2.24) is 5.32 Å². The van der Waals surface area contributed by atoms with E-state index in [1.165, 1.54) is 12.1 Å². The molecule has 0 spiro atoms. The molecule has 0 heterocycles. The van der Waals surface area contributed by atoms with Crippen LogP contribution in [0.5, 0.6) is 11.5 Å². The highest BCUT2D eigenvalue weighted by atomic mass is 19.1. The second-order valence-corrected chi connectivity index (χ2v) is 5.19. The third-order valence-corrected chi connectivity index (χ3v) is 2.88. The van der Waals surface area contributed by atoms with E-state index >= 15 is 0 Å². The molecular weight excluding hydrogens is 253 g/mol. The Morgan fingerprint density at radius 3 is 2.45 bits per heavy atom. The van der Waals surface area contributed by atoms with E-state index < -0.39 is 0 Å². The van der Waals surface area contributed by atoms with E-state index in [4.69, 9.17) is 4.74 Å². The van der Waals surface area contributed by atoms with Crippen LogP contribution in [0.25, 0.3) is 0 Å². The summed E-state index contributed by atoms with van der Waals surface area (Å²) in [4.78, 5) is 0. The summed E-state index contributed by atoms with van der Waals surface area (Å²) in [6, 6.07) is 13.9. The maximum Gasteiger partial charge on any atom is 0.131 e. The molecule has 0 atom stereocenters. The first kappa shape index (κ1) is 14.5. The predicted molar refractivity (Wildman–Crippen MR) is 79.5 cm³/mol. The van der Waals surface area contributed by atoms with E-state index in [2.05, 4.69) is 19.2 Å². The molecule has 0 aliphatic heterocycles. The standard InChI is InChI=1S/C17H20FNO/c1-13(2)11-19-12-14-5-3-4-6-17(14)20-16-9-7-15(18)8-10-16/h3-10,13,19H,11-12H2,1-2H3.